The molecule has 2 aromatic rings. The summed E-state index contributed by atoms with van der Waals surface area (Å²) in [6.45, 7) is 0.0796. The van der Waals surface area contributed by atoms with Gasteiger partial charge in [-0.05, 0) is 35.9 Å². The Morgan fingerprint density at radius 3 is 2.57 bits per heavy atom. The molecule has 2 aliphatic rings. The van der Waals surface area contributed by atoms with Crippen LogP contribution in [0.5, 0.6) is 11.5 Å². The molecule has 28 heavy (non-hydrogen) atoms. The molecule has 0 aliphatic carbocycles. The number of cyclic esters (lactones) is 1. The molecule has 7 heteroatoms. The van der Waals surface area contributed by atoms with E-state index < -0.39 is 0 Å². The number of anilines is 1. The summed E-state index contributed by atoms with van der Waals surface area (Å²) in [6, 6.07) is 12.9. The number of ether oxygens (including phenoxy) is 3. The molecule has 1 amide bonds. The molecule has 0 saturated heterocycles. The molecule has 0 spiro atoms. The lowest BCUT2D eigenvalue weighted by molar-refractivity contribution is -0.136. The van der Waals surface area contributed by atoms with Crippen LogP contribution in [0.15, 0.2) is 58.2 Å². The molecule has 2 aromatic carbocycles. The fraction of sp³-hybridized carbons (Fsp3) is 0.238. The fourth-order valence-corrected chi connectivity index (χ4v) is 4.11. The topological polar surface area (TPSA) is 65.1 Å². The molecular weight excluding hydrogens is 426 g/mol. The van der Waals surface area contributed by atoms with Crippen LogP contribution < -0.4 is 14.4 Å². The Morgan fingerprint density at radius 2 is 1.86 bits per heavy atom. The zero-order chi connectivity index (χ0) is 19.8. The van der Waals surface area contributed by atoms with Crippen molar-refractivity contribution in [3.63, 3.8) is 0 Å². The molecule has 0 aromatic heterocycles. The maximum atomic E-state index is 13.1. The molecule has 4 rings (SSSR count). The van der Waals surface area contributed by atoms with E-state index in [2.05, 4.69) is 15.9 Å². The molecule has 2 aliphatic heterocycles. The Hall–Kier alpha value is -2.80. The number of carbonyl (C=O) groups excluding carboxylic acids is 2. The lowest BCUT2D eigenvalue weighted by Crippen LogP contribution is -2.37. The molecule has 1 unspecified atom stereocenters. The van der Waals surface area contributed by atoms with E-state index in [-0.39, 0.29) is 30.8 Å². The Kier molecular flexibility index (Phi) is 4.85. The van der Waals surface area contributed by atoms with E-state index in [1.54, 1.807) is 25.2 Å². The molecule has 2 heterocycles. The molecule has 6 nitrogen and oxygen atoms in total. The first-order chi connectivity index (χ1) is 13.5. The first-order valence-electron chi connectivity index (χ1n) is 8.74. The number of amides is 1. The van der Waals surface area contributed by atoms with Crippen molar-refractivity contribution in [1.82, 2.24) is 0 Å². The highest BCUT2D eigenvalue weighted by atomic mass is 79.9. The minimum absolute atomic E-state index is 0.0796. The van der Waals surface area contributed by atoms with E-state index in [9.17, 15) is 9.59 Å². The van der Waals surface area contributed by atoms with E-state index in [1.807, 2.05) is 36.4 Å². The van der Waals surface area contributed by atoms with Gasteiger partial charge in [0, 0.05) is 22.5 Å². The van der Waals surface area contributed by atoms with Gasteiger partial charge in [-0.15, -0.1) is 0 Å². The third-order valence-electron chi connectivity index (χ3n) is 4.99. The molecule has 0 fully saturated rings. The Labute approximate surface area is 170 Å². The van der Waals surface area contributed by atoms with E-state index in [0.717, 1.165) is 10.0 Å². The van der Waals surface area contributed by atoms with Crippen molar-refractivity contribution in [2.45, 2.75) is 12.3 Å². The minimum atomic E-state index is -0.388. The fourth-order valence-electron chi connectivity index (χ4n) is 3.72. The predicted octanol–water partition coefficient (Wildman–Crippen LogP) is 3.80. The number of hydrogen-bond donors (Lipinski definition) is 0. The molecule has 0 bridgehead atoms. The van der Waals surface area contributed by atoms with Gasteiger partial charge < -0.3 is 14.2 Å². The first-order valence-corrected chi connectivity index (χ1v) is 9.53. The quantitative estimate of drug-likeness (QED) is 0.672. The van der Waals surface area contributed by atoms with Crippen LogP contribution in [0.1, 0.15) is 17.9 Å². The summed E-state index contributed by atoms with van der Waals surface area (Å²) < 4.78 is 16.8. The van der Waals surface area contributed by atoms with Crippen LogP contribution in [-0.2, 0) is 14.3 Å². The highest BCUT2D eigenvalue weighted by Crippen LogP contribution is 2.43. The van der Waals surface area contributed by atoms with Crippen molar-refractivity contribution >= 4 is 33.5 Å². The number of methoxy groups -OCH3 is 2. The lowest BCUT2D eigenvalue weighted by Gasteiger charge is -2.32. The third-order valence-corrected chi connectivity index (χ3v) is 5.49. The minimum Gasteiger partial charge on any atom is -0.493 e. The van der Waals surface area contributed by atoms with Gasteiger partial charge in [0.25, 0.3) is 0 Å². The van der Waals surface area contributed by atoms with Crippen molar-refractivity contribution in [2.24, 2.45) is 0 Å². The van der Waals surface area contributed by atoms with Gasteiger partial charge in [0.2, 0.25) is 5.91 Å². The van der Waals surface area contributed by atoms with Crippen molar-refractivity contribution in [2.75, 3.05) is 25.7 Å². The van der Waals surface area contributed by atoms with Crippen molar-refractivity contribution in [3.8, 4) is 11.5 Å². The average molecular weight is 444 g/mol. The first kappa shape index (κ1) is 18.6. The molecule has 144 valence electrons. The maximum absolute atomic E-state index is 13.1. The number of hydrogen-bond acceptors (Lipinski definition) is 5. The smallest absolute Gasteiger partial charge is 0.336 e. The summed E-state index contributed by atoms with van der Waals surface area (Å²) in [5.41, 5.74) is 2.63. The van der Waals surface area contributed by atoms with E-state index in [0.29, 0.717) is 28.5 Å². The lowest BCUT2D eigenvalue weighted by atomic mass is 9.84. The summed E-state index contributed by atoms with van der Waals surface area (Å²) in [7, 11) is 3.11. The zero-order valence-electron chi connectivity index (χ0n) is 15.4. The monoisotopic (exact) mass is 443 g/mol. The number of halogens is 1. The summed E-state index contributed by atoms with van der Waals surface area (Å²) in [4.78, 5) is 27.2. The average Bonchev–Trinajstić information content (AvgIpc) is 3.08. The van der Waals surface area contributed by atoms with Crippen molar-refractivity contribution in [3.05, 3.63) is 63.8 Å². The number of esters is 1. The van der Waals surface area contributed by atoms with Gasteiger partial charge in [-0.3, -0.25) is 9.69 Å². The second-order valence-corrected chi connectivity index (χ2v) is 7.43. The van der Waals surface area contributed by atoms with Gasteiger partial charge >= 0.3 is 5.97 Å². The maximum Gasteiger partial charge on any atom is 0.336 e. The Bertz CT molecular complexity index is 1000. The molecule has 0 N–H and O–H groups in total. The highest BCUT2D eigenvalue weighted by Gasteiger charge is 2.43. The van der Waals surface area contributed by atoms with Crippen LogP contribution in [-0.4, -0.2) is 32.7 Å². The standard InChI is InChI=1S/C21H18BrNO5/c1-26-17-7-6-12(8-18(17)27-2)15-10-19(24)23(14-5-3-4-13(22)9-14)16-11-28-21(25)20(15)16/h3-9,15H,10-11H2,1-2H3. The van der Waals surface area contributed by atoms with Gasteiger partial charge in [-0.25, -0.2) is 4.79 Å². The summed E-state index contributed by atoms with van der Waals surface area (Å²) in [6.07, 6.45) is 0.163. The van der Waals surface area contributed by atoms with E-state index >= 15 is 0 Å². The summed E-state index contributed by atoms with van der Waals surface area (Å²) in [5, 5.41) is 0. The van der Waals surface area contributed by atoms with E-state index in [4.69, 9.17) is 14.2 Å². The van der Waals surface area contributed by atoms with Gasteiger partial charge in [0.1, 0.15) is 6.61 Å². The van der Waals surface area contributed by atoms with Crippen LogP contribution in [0.3, 0.4) is 0 Å². The molecule has 1 atom stereocenters. The van der Waals surface area contributed by atoms with Crippen LogP contribution >= 0.6 is 15.9 Å². The zero-order valence-corrected chi connectivity index (χ0v) is 17.0. The number of carbonyl (C=O) groups is 2. The third kappa shape index (κ3) is 3.05. The van der Waals surface area contributed by atoms with Gasteiger partial charge in [-0.2, -0.15) is 0 Å². The van der Waals surface area contributed by atoms with Gasteiger partial charge in [-0.1, -0.05) is 28.1 Å². The van der Waals surface area contributed by atoms with Crippen molar-refractivity contribution < 1.29 is 23.8 Å². The van der Waals surface area contributed by atoms with Gasteiger partial charge in [0.05, 0.1) is 25.5 Å². The number of rotatable bonds is 4. The Balaban J connectivity index is 1.81. The van der Waals surface area contributed by atoms with E-state index in [1.165, 1.54) is 0 Å². The molecule has 0 saturated carbocycles. The molecule has 0 radical (unpaired) electrons. The van der Waals surface area contributed by atoms with Crippen LogP contribution in [0.4, 0.5) is 5.69 Å². The van der Waals surface area contributed by atoms with Crippen molar-refractivity contribution in [1.29, 1.82) is 0 Å². The van der Waals surface area contributed by atoms with Gasteiger partial charge in [0.15, 0.2) is 11.5 Å². The second-order valence-electron chi connectivity index (χ2n) is 6.52. The largest absolute Gasteiger partial charge is 0.493 e. The second kappa shape index (κ2) is 7.31. The predicted molar refractivity (Wildman–Crippen MR) is 107 cm³/mol. The SMILES string of the molecule is COc1ccc(C2CC(=O)N(c3cccc(Br)c3)C3=C2C(=O)OC3)cc1OC. The summed E-state index contributed by atoms with van der Waals surface area (Å²) in [5.74, 6) is 0.278. The molecular formula is C21H18BrNO5. The number of nitrogens with zero attached hydrogens (tertiary/aromatic N) is 1. The normalized spacial score (nSPS) is 18.8. The highest BCUT2D eigenvalue weighted by molar-refractivity contribution is 9.10. The Morgan fingerprint density at radius 1 is 1.07 bits per heavy atom. The van der Waals surface area contributed by atoms with Crippen LogP contribution in [0.2, 0.25) is 0 Å². The van der Waals surface area contributed by atoms with Crippen LogP contribution in [0.25, 0.3) is 0 Å². The summed E-state index contributed by atoms with van der Waals surface area (Å²) >= 11 is 3.43. The number of benzene rings is 2. The van der Waals surface area contributed by atoms with Crippen LogP contribution in [0, 0.1) is 0 Å².